The summed E-state index contributed by atoms with van der Waals surface area (Å²) in [4.78, 5) is 4.80. The van der Waals surface area contributed by atoms with Crippen LogP contribution in [0.25, 0.3) is 0 Å². The molecule has 0 bridgehead atoms. The van der Waals surface area contributed by atoms with Gasteiger partial charge < -0.3 is 27.5 Å². The maximum atomic E-state index is 12.4. The average Bonchev–Trinajstić information content (AvgIpc) is 2.38. The first-order valence-corrected chi connectivity index (χ1v) is 6.19. The Morgan fingerprint density at radius 3 is 2.32 bits per heavy atom. The maximum Gasteiger partial charge on any atom is 0.416 e. The number of halogens is 4. The van der Waals surface area contributed by atoms with E-state index in [9.17, 15) is 23.5 Å². The monoisotopic (exact) mass is 345 g/mol. The largest absolute Gasteiger partial charge is 1.00 e. The zero-order valence-electron chi connectivity index (χ0n) is 11.9. The number of rotatable bonds is 7. The number of alkyl halides is 3. The van der Waals surface area contributed by atoms with Gasteiger partial charge in [-0.25, -0.2) is 0 Å². The van der Waals surface area contributed by atoms with E-state index in [1.807, 2.05) is 0 Å². The van der Waals surface area contributed by atoms with Crippen molar-refractivity contribution in [3.63, 3.8) is 0 Å². The molecule has 0 aromatic heterocycles. The van der Waals surface area contributed by atoms with Crippen LogP contribution in [0.15, 0.2) is 24.3 Å². The van der Waals surface area contributed by atoms with Gasteiger partial charge in [-0.15, -0.1) is 10.8 Å². The summed E-state index contributed by atoms with van der Waals surface area (Å²) in [6.45, 7) is 3.44. The lowest BCUT2D eigenvalue weighted by Gasteiger charge is -2.26. The molecular weight excluding hydrogens is 329 g/mol. The minimum Gasteiger partial charge on any atom is -1.00 e. The van der Waals surface area contributed by atoms with E-state index < -0.39 is 29.4 Å². The predicted molar refractivity (Wildman–Crippen MR) is 66.6 cm³/mol. The summed E-state index contributed by atoms with van der Waals surface area (Å²) in [6, 6.07) is 2.95. The average molecular weight is 346 g/mol. The molecular formula is C12H17ClF3N2O4-. The molecule has 0 fully saturated rings. The van der Waals surface area contributed by atoms with Crippen LogP contribution in [-0.4, -0.2) is 24.0 Å². The van der Waals surface area contributed by atoms with Gasteiger partial charge in [0.1, 0.15) is 6.04 Å². The Kier molecular flexibility index (Phi) is 8.68. The van der Waals surface area contributed by atoms with Crippen molar-refractivity contribution in [3.05, 3.63) is 35.0 Å². The number of hydrogen-bond acceptors (Lipinski definition) is 5. The second-order valence-corrected chi connectivity index (χ2v) is 4.19. The molecule has 0 radical (unpaired) electrons. The third-order valence-electron chi connectivity index (χ3n) is 2.50. The Morgan fingerprint density at radius 2 is 1.86 bits per heavy atom. The Bertz CT molecular complexity index is 433. The van der Waals surface area contributed by atoms with E-state index in [4.69, 9.17) is 9.57 Å². The van der Waals surface area contributed by atoms with Crippen LogP contribution < -0.4 is 28.0 Å². The first-order valence-electron chi connectivity index (χ1n) is 6.19. The highest BCUT2D eigenvalue weighted by Crippen LogP contribution is 2.29. The molecule has 0 saturated carbocycles. The van der Waals surface area contributed by atoms with Crippen LogP contribution in [-0.2, 0) is 10.9 Å². The second-order valence-electron chi connectivity index (χ2n) is 4.19. The van der Waals surface area contributed by atoms with E-state index in [0.29, 0.717) is 0 Å². The van der Waals surface area contributed by atoms with Gasteiger partial charge in [0.2, 0.25) is 0 Å². The van der Waals surface area contributed by atoms with Crippen molar-refractivity contribution < 1.29 is 45.6 Å². The van der Waals surface area contributed by atoms with E-state index in [2.05, 4.69) is 5.43 Å². The zero-order valence-corrected chi connectivity index (χ0v) is 12.6. The molecule has 0 aliphatic carbocycles. The van der Waals surface area contributed by atoms with E-state index in [0.717, 1.165) is 24.3 Å². The lowest BCUT2D eigenvalue weighted by atomic mass is 10.2. The van der Waals surface area contributed by atoms with Gasteiger partial charge in [-0.05, 0) is 38.1 Å². The van der Waals surface area contributed by atoms with Crippen LogP contribution in [0.1, 0.15) is 19.4 Å². The standard InChI is InChI=1S/C12H17F3N2O4.ClH/c1-3-20-11(18)8(2)16-17(19)21-10-6-4-9(5-7-10)12(13,14)15;/h4-8,11,16-18H,3H2,1-2H3;1H/p-1/t8-,11?;/m0./s1. The summed E-state index contributed by atoms with van der Waals surface area (Å²) in [5, 5.41) is 20.0. The summed E-state index contributed by atoms with van der Waals surface area (Å²) in [5.74, 6) is -0.0430. The Hall–Kier alpha value is -1.10. The summed E-state index contributed by atoms with van der Waals surface area (Å²) in [7, 11) is 0. The second kappa shape index (κ2) is 9.13. The molecule has 3 atom stereocenters. The fraction of sp³-hybridized carbons (Fsp3) is 0.500. The van der Waals surface area contributed by atoms with Gasteiger partial charge in [0.25, 0.3) is 0 Å². The molecule has 1 aromatic carbocycles. The van der Waals surface area contributed by atoms with Gasteiger partial charge >= 0.3 is 6.18 Å². The molecule has 2 unspecified atom stereocenters. The molecule has 0 heterocycles. The number of hydrogen-bond donors (Lipinski definition) is 3. The van der Waals surface area contributed by atoms with Crippen molar-refractivity contribution >= 4 is 0 Å². The highest BCUT2D eigenvalue weighted by atomic mass is 35.5. The van der Waals surface area contributed by atoms with Crippen LogP contribution in [0.2, 0.25) is 0 Å². The van der Waals surface area contributed by atoms with Gasteiger partial charge in [0.15, 0.2) is 12.0 Å². The lowest BCUT2D eigenvalue weighted by molar-refractivity contribution is -1.06. The number of aliphatic hydroxyl groups is 1. The molecule has 0 saturated heterocycles. The molecule has 0 aliphatic rings. The Morgan fingerprint density at radius 1 is 1.32 bits per heavy atom. The summed E-state index contributed by atoms with van der Waals surface area (Å²) < 4.78 is 41.9. The van der Waals surface area contributed by atoms with Crippen molar-refractivity contribution in [1.29, 1.82) is 0 Å². The maximum absolute atomic E-state index is 12.4. The van der Waals surface area contributed by atoms with Crippen molar-refractivity contribution in [2.75, 3.05) is 6.61 Å². The molecule has 10 heteroatoms. The van der Waals surface area contributed by atoms with E-state index >= 15 is 0 Å². The van der Waals surface area contributed by atoms with Crippen LogP contribution >= 0.6 is 0 Å². The summed E-state index contributed by atoms with van der Waals surface area (Å²) >= 11 is 0. The Balaban J connectivity index is 0.00000441. The summed E-state index contributed by atoms with van der Waals surface area (Å²) in [5.41, 5.74) is 1.46. The van der Waals surface area contributed by atoms with Crippen molar-refractivity contribution in [2.24, 2.45) is 0 Å². The van der Waals surface area contributed by atoms with E-state index in [1.165, 1.54) is 6.92 Å². The molecule has 0 aliphatic heterocycles. The minimum atomic E-state index is -4.45. The van der Waals surface area contributed by atoms with Gasteiger partial charge in [-0.2, -0.15) is 13.2 Å². The molecule has 1 aromatic rings. The third-order valence-corrected chi connectivity index (χ3v) is 2.50. The smallest absolute Gasteiger partial charge is 0.416 e. The third kappa shape index (κ3) is 6.77. The number of benzene rings is 1. The van der Waals surface area contributed by atoms with Gasteiger partial charge in [0.05, 0.1) is 5.56 Å². The van der Waals surface area contributed by atoms with Crippen molar-refractivity contribution in [2.45, 2.75) is 32.4 Å². The normalized spacial score (nSPS) is 15.6. The Labute approximate surface area is 131 Å². The van der Waals surface area contributed by atoms with E-state index in [1.54, 1.807) is 6.92 Å². The lowest BCUT2D eigenvalue weighted by Crippen LogP contribution is -3.17. The topological polar surface area (TPSA) is 78.2 Å². The molecule has 22 heavy (non-hydrogen) atoms. The SMILES string of the molecule is CCOC(O)[C@H](C)N[NH+]([O-])Oc1ccc(C(F)(F)F)cc1.[Cl-]. The molecule has 1 rings (SSSR count). The highest BCUT2D eigenvalue weighted by Gasteiger charge is 2.30. The molecule has 0 spiro atoms. The molecule has 3 N–H and O–H groups in total. The number of nitrogens with one attached hydrogen (secondary N) is 2. The fourth-order valence-corrected chi connectivity index (χ4v) is 1.42. The van der Waals surface area contributed by atoms with E-state index in [-0.39, 0.29) is 24.8 Å². The fourth-order valence-electron chi connectivity index (χ4n) is 1.42. The minimum absolute atomic E-state index is 0. The highest BCUT2D eigenvalue weighted by molar-refractivity contribution is 5.28. The van der Waals surface area contributed by atoms with Crippen LogP contribution in [0.3, 0.4) is 0 Å². The predicted octanol–water partition coefficient (Wildman–Crippen LogP) is -2.37. The number of ether oxygens (including phenoxy) is 1. The molecule has 6 nitrogen and oxygen atoms in total. The van der Waals surface area contributed by atoms with Crippen molar-refractivity contribution in [3.8, 4) is 5.75 Å². The van der Waals surface area contributed by atoms with Crippen LogP contribution in [0, 0.1) is 5.21 Å². The van der Waals surface area contributed by atoms with Crippen LogP contribution in [0.5, 0.6) is 5.75 Å². The number of quaternary nitrogens is 1. The molecule has 128 valence electrons. The number of aliphatic hydroxyl groups excluding tert-OH is 1. The summed E-state index contributed by atoms with van der Waals surface area (Å²) in [6.07, 6.45) is -5.65. The van der Waals surface area contributed by atoms with Gasteiger partial charge in [0, 0.05) is 6.61 Å². The zero-order chi connectivity index (χ0) is 16.0. The van der Waals surface area contributed by atoms with Gasteiger partial charge in [-0.1, -0.05) is 0 Å². The van der Waals surface area contributed by atoms with Gasteiger partial charge in [-0.3, -0.25) is 4.84 Å². The molecule has 0 amide bonds. The van der Waals surface area contributed by atoms with Crippen LogP contribution in [0.4, 0.5) is 13.2 Å². The quantitative estimate of drug-likeness (QED) is 0.380. The first kappa shape index (κ1) is 20.9. The van der Waals surface area contributed by atoms with Crippen molar-refractivity contribution in [1.82, 2.24) is 5.43 Å². The first-order chi connectivity index (χ1) is 9.74.